The molecule has 6 nitrogen and oxygen atoms in total. The van der Waals surface area contributed by atoms with Gasteiger partial charge in [-0.2, -0.15) is 0 Å². The zero-order valence-corrected chi connectivity index (χ0v) is 13.7. The minimum Gasteiger partial charge on any atom is -0.495 e. The topological polar surface area (TPSA) is 92.7 Å². The highest BCUT2D eigenvalue weighted by atomic mass is 35.5. The summed E-state index contributed by atoms with van der Waals surface area (Å²) in [6, 6.07) is 4.02. The van der Waals surface area contributed by atoms with Crippen LogP contribution in [0.2, 0.25) is 5.02 Å². The number of aliphatic carboxylic acids is 1. The van der Waals surface area contributed by atoms with Gasteiger partial charge >= 0.3 is 5.97 Å². The molecule has 8 heteroatoms. The Morgan fingerprint density at radius 2 is 1.95 bits per heavy atom. The molecule has 1 saturated carbocycles. The van der Waals surface area contributed by atoms with E-state index >= 15 is 0 Å². The predicted molar refractivity (Wildman–Crippen MR) is 81.7 cm³/mol. The molecule has 1 aromatic carbocycles. The summed E-state index contributed by atoms with van der Waals surface area (Å²) in [4.78, 5) is 11.0. The van der Waals surface area contributed by atoms with Crippen LogP contribution in [0.1, 0.15) is 25.7 Å². The van der Waals surface area contributed by atoms with E-state index in [9.17, 15) is 13.2 Å². The van der Waals surface area contributed by atoms with Crippen molar-refractivity contribution in [2.75, 3.05) is 7.11 Å². The second kappa shape index (κ2) is 6.85. The van der Waals surface area contributed by atoms with E-state index in [1.165, 1.54) is 25.3 Å². The molecule has 0 heterocycles. The first-order chi connectivity index (χ1) is 10.3. The number of hydrogen-bond acceptors (Lipinski definition) is 4. The standard InChI is InChI=1S/C14H18ClNO5S/c1-21-13-7-6-11(8-12(13)15)22(19,20)16-10-4-2-9(3-5-10)14(17)18/h6-10,16H,2-5H2,1H3,(H,17,18). The number of benzene rings is 1. The Bertz CT molecular complexity index is 653. The summed E-state index contributed by atoms with van der Waals surface area (Å²) in [6.45, 7) is 0. The lowest BCUT2D eigenvalue weighted by atomic mass is 9.87. The number of carboxylic acid groups (broad SMARTS) is 1. The number of carboxylic acids is 1. The SMILES string of the molecule is COc1ccc(S(=O)(=O)NC2CCC(C(=O)O)CC2)cc1Cl. The summed E-state index contributed by atoms with van der Waals surface area (Å²) in [5, 5.41) is 9.17. The predicted octanol–water partition coefficient (Wildman–Crippen LogP) is 2.27. The number of nitrogens with one attached hydrogen (secondary N) is 1. The zero-order valence-electron chi connectivity index (χ0n) is 12.1. The van der Waals surface area contributed by atoms with E-state index in [1.54, 1.807) is 0 Å². The maximum absolute atomic E-state index is 12.3. The maximum atomic E-state index is 12.3. The first-order valence-corrected chi connectivity index (χ1v) is 8.78. The Balaban J connectivity index is 2.06. The molecule has 122 valence electrons. The third kappa shape index (κ3) is 3.91. The molecule has 2 rings (SSSR count). The summed E-state index contributed by atoms with van der Waals surface area (Å²) in [7, 11) is -2.23. The van der Waals surface area contributed by atoms with E-state index in [0.29, 0.717) is 31.4 Å². The average molecular weight is 348 g/mol. The van der Waals surface area contributed by atoms with E-state index in [1.807, 2.05) is 0 Å². The van der Waals surface area contributed by atoms with Crippen LogP contribution in [0, 0.1) is 5.92 Å². The molecule has 22 heavy (non-hydrogen) atoms. The molecule has 0 saturated heterocycles. The molecule has 1 fully saturated rings. The second-order valence-electron chi connectivity index (χ2n) is 5.30. The van der Waals surface area contributed by atoms with E-state index in [2.05, 4.69) is 4.72 Å². The highest BCUT2D eigenvalue weighted by Gasteiger charge is 2.29. The van der Waals surface area contributed by atoms with E-state index in [4.69, 9.17) is 21.4 Å². The van der Waals surface area contributed by atoms with Crippen LogP contribution in [-0.2, 0) is 14.8 Å². The third-order valence-electron chi connectivity index (χ3n) is 3.83. The number of carbonyl (C=O) groups is 1. The van der Waals surface area contributed by atoms with E-state index < -0.39 is 16.0 Å². The van der Waals surface area contributed by atoms with Gasteiger partial charge in [-0.15, -0.1) is 0 Å². The van der Waals surface area contributed by atoms with Crippen LogP contribution < -0.4 is 9.46 Å². The van der Waals surface area contributed by atoms with Crippen molar-refractivity contribution < 1.29 is 23.1 Å². The molecule has 1 aliphatic carbocycles. The number of methoxy groups -OCH3 is 1. The van der Waals surface area contributed by atoms with Gasteiger partial charge in [-0.05, 0) is 43.9 Å². The fourth-order valence-corrected chi connectivity index (χ4v) is 4.21. The van der Waals surface area contributed by atoms with Crippen molar-refractivity contribution in [2.45, 2.75) is 36.6 Å². The van der Waals surface area contributed by atoms with Crippen LogP contribution in [-0.4, -0.2) is 32.6 Å². The van der Waals surface area contributed by atoms with Crippen molar-refractivity contribution in [1.82, 2.24) is 4.72 Å². The van der Waals surface area contributed by atoms with Crippen molar-refractivity contribution in [3.05, 3.63) is 23.2 Å². The molecule has 0 atom stereocenters. The summed E-state index contributed by atoms with van der Waals surface area (Å²) in [5.41, 5.74) is 0. The minimum atomic E-state index is -3.68. The summed E-state index contributed by atoms with van der Waals surface area (Å²) in [5.74, 6) is -0.790. The molecule has 0 aliphatic heterocycles. The van der Waals surface area contributed by atoms with Crippen LogP contribution in [0.4, 0.5) is 0 Å². The zero-order chi connectivity index (χ0) is 16.3. The van der Waals surface area contributed by atoms with Crippen LogP contribution in [0.25, 0.3) is 0 Å². The second-order valence-corrected chi connectivity index (χ2v) is 7.43. The van der Waals surface area contributed by atoms with Crippen LogP contribution in [0.5, 0.6) is 5.75 Å². The van der Waals surface area contributed by atoms with Gasteiger partial charge in [0, 0.05) is 6.04 Å². The van der Waals surface area contributed by atoms with Gasteiger partial charge in [-0.25, -0.2) is 13.1 Å². The van der Waals surface area contributed by atoms with Gasteiger partial charge in [0.15, 0.2) is 0 Å². The summed E-state index contributed by atoms with van der Waals surface area (Å²) in [6.07, 6.45) is 1.98. The molecule has 2 N–H and O–H groups in total. The average Bonchev–Trinajstić information content (AvgIpc) is 2.47. The number of halogens is 1. The van der Waals surface area contributed by atoms with E-state index in [0.717, 1.165) is 0 Å². The van der Waals surface area contributed by atoms with Gasteiger partial charge in [0.1, 0.15) is 5.75 Å². The Morgan fingerprint density at radius 3 is 2.45 bits per heavy atom. The van der Waals surface area contributed by atoms with Gasteiger partial charge in [0.25, 0.3) is 0 Å². The molecule has 0 bridgehead atoms. The smallest absolute Gasteiger partial charge is 0.306 e. The molecule has 0 unspecified atom stereocenters. The van der Waals surface area contributed by atoms with Crippen LogP contribution in [0.15, 0.2) is 23.1 Å². The van der Waals surface area contributed by atoms with Crippen molar-refractivity contribution in [3.63, 3.8) is 0 Å². The first kappa shape index (κ1) is 17.1. The Kier molecular flexibility index (Phi) is 5.31. The van der Waals surface area contributed by atoms with Crippen molar-refractivity contribution in [2.24, 2.45) is 5.92 Å². The maximum Gasteiger partial charge on any atom is 0.306 e. The summed E-state index contributed by atoms with van der Waals surface area (Å²) < 4.78 is 32.3. The Labute approximate surface area is 134 Å². The largest absolute Gasteiger partial charge is 0.495 e. The fraction of sp³-hybridized carbons (Fsp3) is 0.500. The molecule has 1 aromatic rings. The van der Waals surface area contributed by atoms with Crippen LogP contribution >= 0.6 is 11.6 Å². The number of hydrogen-bond donors (Lipinski definition) is 2. The van der Waals surface area contributed by atoms with Gasteiger partial charge in [0.2, 0.25) is 10.0 Å². The van der Waals surface area contributed by atoms with E-state index in [-0.39, 0.29) is 21.9 Å². The summed E-state index contributed by atoms with van der Waals surface area (Å²) >= 11 is 5.95. The molecule has 0 amide bonds. The molecule has 0 spiro atoms. The normalized spacial score (nSPS) is 22.3. The van der Waals surface area contributed by atoms with Gasteiger partial charge < -0.3 is 9.84 Å². The lowest BCUT2D eigenvalue weighted by Gasteiger charge is -2.26. The van der Waals surface area contributed by atoms with Crippen LogP contribution in [0.3, 0.4) is 0 Å². The highest BCUT2D eigenvalue weighted by molar-refractivity contribution is 7.89. The van der Waals surface area contributed by atoms with Gasteiger partial charge in [0.05, 0.1) is 22.9 Å². The lowest BCUT2D eigenvalue weighted by Crippen LogP contribution is -2.38. The third-order valence-corrected chi connectivity index (χ3v) is 5.65. The Hall–Kier alpha value is -1.31. The van der Waals surface area contributed by atoms with Crippen molar-refractivity contribution in [3.8, 4) is 5.75 Å². The number of sulfonamides is 1. The fourth-order valence-electron chi connectivity index (χ4n) is 2.56. The quantitative estimate of drug-likeness (QED) is 0.852. The van der Waals surface area contributed by atoms with Crippen molar-refractivity contribution in [1.29, 1.82) is 0 Å². The number of ether oxygens (including phenoxy) is 1. The first-order valence-electron chi connectivity index (χ1n) is 6.92. The molecule has 0 aromatic heterocycles. The number of rotatable bonds is 5. The highest BCUT2D eigenvalue weighted by Crippen LogP contribution is 2.29. The lowest BCUT2D eigenvalue weighted by molar-refractivity contribution is -0.142. The Morgan fingerprint density at radius 1 is 1.32 bits per heavy atom. The minimum absolute atomic E-state index is 0.0682. The monoisotopic (exact) mass is 347 g/mol. The molecular formula is C14H18ClNO5S. The van der Waals surface area contributed by atoms with Gasteiger partial charge in [-0.1, -0.05) is 11.6 Å². The van der Waals surface area contributed by atoms with Crippen molar-refractivity contribution >= 4 is 27.6 Å². The molecule has 0 radical (unpaired) electrons. The van der Waals surface area contributed by atoms with Gasteiger partial charge in [-0.3, -0.25) is 4.79 Å². The molecule has 1 aliphatic rings. The molecular weight excluding hydrogens is 330 g/mol.